The molecule has 1 fully saturated rings. The first-order valence-corrected chi connectivity index (χ1v) is 4.22. The SMILES string of the molecule is N#Cc1[nH]ccc1[C@H]1CCCN1. The maximum Gasteiger partial charge on any atom is 0.122 e. The van der Waals surface area contributed by atoms with E-state index in [0.717, 1.165) is 18.5 Å². The third-order valence-corrected chi connectivity index (χ3v) is 2.33. The number of H-pyrrole nitrogens is 1. The summed E-state index contributed by atoms with van der Waals surface area (Å²) < 4.78 is 0. The van der Waals surface area contributed by atoms with Gasteiger partial charge in [0.1, 0.15) is 11.8 Å². The summed E-state index contributed by atoms with van der Waals surface area (Å²) in [6.07, 6.45) is 4.18. The number of hydrogen-bond acceptors (Lipinski definition) is 2. The molecule has 0 spiro atoms. The Hall–Kier alpha value is -1.27. The summed E-state index contributed by atoms with van der Waals surface area (Å²) in [5, 5.41) is 12.1. The van der Waals surface area contributed by atoms with Crippen LogP contribution in [0, 0.1) is 11.3 Å². The molecule has 1 aliphatic rings. The molecule has 2 heterocycles. The van der Waals surface area contributed by atoms with E-state index in [-0.39, 0.29) is 0 Å². The Morgan fingerprint density at radius 2 is 2.50 bits per heavy atom. The second-order valence-corrected chi connectivity index (χ2v) is 3.07. The van der Waals surface area contributed by atoms with Crippen molar-refractivity contribution in [2.24, 2.45) is 0 Å². The van der Waals surface area contributed by atoms with Crippen molar-refractivity contribution in [2.45, 2.75) is 18.9 Å². The second kappa shape index (κ2) is 3.00. The Morgan fingerprint density at radius 3 is 3.17 bits per heavy atom. The van der Waals surface area contributed by atoms with E-state index in [4.69, 9.17) is 5.26 Å². The molecule has 0 unspecified atom stereocenters. The minimum absolute atomic E-state index is 0.394. The van der Waals surface area contributed by atoms with Crippen LogP contribution >= 0.6 is 0 Å². The number of hydrogen-bond donors (Lipinski definition) is 2. The van der Waals surface area contributed by atoms with Crippen LogP contribution in [0.15, 0.2) is 12.3 Å². The molecule has 12 heavy (non-hydrogen) atoms. The molecule has 0 radical (unpaired) electrons. The van der Waals surface area contributed by atoms with Crippen molar-refractivity contribution in [3.05, 3.63) is 23.5 Å². The van der Waals surface area contributed by atoms with E-state index in [0.29, 0.717) is 11.7 Å². The molecule has 1 atom stereocenters. The zero-order valence-corrected chi connectivity index (χ0v) is 6.80. The van der Waals surface area contributed by atoms with Gasteiger partial charge in [-0.1, -0.05) is 0 Å². The molecule has 0 bridgehead atoms. The number of nitriles is 1. The highest BCUT2D eigenvalue weighted by molar-refractivity contribution is 5.34. The molecule has 1 aliphatic heterocycles. The fourth-order valence-electron chi connectivity index (χ4n) is 1.72. The molecule has 2 rings (SSSR count). The predicted octanol–water partition coefficient (Wildman–Crippen LogP) is 1.31. The van der Waals surface area contributed by atoms with Crippen molar-refractivity contribution >= 4 is 0 Å². The van der Waals surface area contributed by atoms with Crippen molar-refractivity contribution in [2.75, 3.05) is 6.54 Å². The lowest BCUT2D eigenvalue weighted by atomic mass is 10.1. The van der Waals surface area contributed by atoms with Gasteiger partial charge in [0.05, 0.1) is 0 Å². The van der Waals surface area contributed by atoms with Crippen LogP contribution in [0.3, 0.4) is 0 Å². The van der Waals surface area contributed by atoms with Gasteiger partial charge in [-0.15, -0.1) is 0 Å². The van der Waals surface area contributed by atoms with Crippen LogP contribution in [0.5, 0.6) is 0 Å². The molecule has 1 saturated heterocycles. The Labute approximate surface area is 71.4 Å². The zero-order chi connectivity index (χ0) is 8.39. The number of aromatic amines is 1. The Balaban J connectivity index is 2.27. The monoisotopic (exact) mass is 161 g/mol. The van der Waals surface area contributed by atoms with Gasteiger partial charge < -0.3 is 10.3 Å². The molecular weight excluding hydrogens is 150 g/mol. The second-order valence-electron chi connectivity index (χ2n) is 3.07. The van der Waals surface area contributed by atoms with Crippen LogP contribution in [0.4, 0.5) is 0 Å². The average molecular weight is 161 g/mol. The van der Waals surface area contributed by atoms with Crippen LogP contribution in [0.25, 0.3) is 0 Å². The smallest absolute Gasteiger partial charge is 0.122 e. The lowest BCUT2D eigenvalue weighted by Crippen LogP contribution is -2.13. The summed E-state index contributed by atoms with van der Waals surface area (Å²) >= 11 is 0. The van der Waals surface area contributed by atoms with E-state index in [1.165, 1.54) is 6.42 Å². The first-order chi connectivity index (χ1) is 5.92. The highest BCUT2D eigenvalue weighted by atomic mass is 14.9. The predicted molar refractivity (Wildman–Crippen MR) is 45.5 cm³/mol. The quantitative estimate of drug-likeness (QED) is 0.652. The van der Waals surface area contributed by atoms with Crippen molar-refractivity contribution in [3.8, 4) is 6.07 Å². The van der Waals surface area contributed by atoms with Crippen molar-refractivity contribution in [1.29, 1.82) is 5.26 Å². The molecular formula is C9H11N3. The van der Waals surface area contributed by atoms with Gasteiger partial charge in [-0.3, -0.25) is 0 Å². The molecule has 3 heteroatoms. The van der Waals surface area contributed by atoms with Crippen molar-refractivity contribution in [3.63, 3.8) is 0 Å². The van der Waals surface area contributed by atoms with E-state index in [1.54, 1.807) is 0 Å². The molecule has 0 aliphatic carbocycles. The Bertz CT molecular complexity index is 302. The molecule has 0 amide bonds. The molecule has 1 aromatic heterocycles. The van der Waals surface area contributed by atoms with Gasteiger partial charge in [0, 0.05) is 17.8 Å². The van der Waals surface area contributed by atoms with Gasteiger partial charge in [-0.2, -0.15) is 5.26 Å². The normalized spacial score (nSPS) is 22.4. The number of nitrogens with zero attached hydrogens (tertiary/aromatic N) is 1. The third kappa shape index (κ3) is 1.10. The first kappa shape index (κ1) is 7.38. The summed E-state index contributed by atoms with van der Waals surface area (Å²) in [4.78, 5) is 2.93. The van der Waals surface area contributed by atoms with Crippen molar-refractivity contribution in [1.82, 2.24) is 10.3 Å². The van der Waals surface area contributed by atoms with Crippen LogP contribution in [-0.4, -0.2) is 11.5 Å². The summed E-state index contributed by atoms with van der Waals surface area (Å²) in [6.45, 7) is 1.07. The summed E-state index contributed by atoms with van der Waals surface area (Å²) in [6, 6.07) is 4.54. The third-order valence-electron chi connectivity index (χ3n) is 2.33. The van der Waals surface area contributed by atoms with E-state index in [1.807, 2.05) is 12.3 Å². The van der Waals surface area contributed by atoms with Crippen LogP contribution in [-0.2, 0) is 0 Å². The van der Waals surface area contributed by atoms with Gasteiger partial charge in [-0.25, -0.2) is 0 Å². The molecule has 0 aromatic carbocycles. The maximum atomic E-state index is 8.76. The van der Waals surface area contributed by atoms with E-state index < -0.39 is 0 Å². The molecule has 3 nitrogen and oxygen atoms in total. The van der Waals surface area contributed by atoms with Gasteiger partial charge in [0.15, 0.2) is 0 Å². The fourth-order valence-corrected chi connectivity index (χ4v) is 1.72. The molecule has 1 aromatic rings. The number of aromatic nitrogens is 1. The summed E-state index contributed by atoms with van der Waals surface area (Å²) in [5.41, 5.74) is 1.82. The first-order valence-electron chi connectivity index (χ1n) is 4.22. The fraction of sp³-hybridized carbons (Fsp3) is 0.444. The van der Waals surface area contributed by atoms with Gasteiger partial charge >= 0.3 is 0 Å². The number of nitrogens with one attached hydrogen (secondary N) is 2. The van der Waals surface area contributed by atoms with Crippen molar-refractivity contribution < 1.29 is 0 Å². The Kier molecular flexibility index (Phi) is 1.84. The van der Waals surface area contributed by atoms with Crippen LogP contribution < -0.4 is 5.32 Å². The maximum absolute atomic E-state index is 8.76. The van der Waals surface area contributed by atoms with E-state index in [2.05, 4.69) is 16.4 Å². The average Bonchev–Trinajstić information content (AvgIpc) is 2.74. The molecule has 62 valence electrons. The lowest BCUT2D eigenvalue weighted by molar-refractivity contribution is 0.647. The van der Waals surface area contributed by atoms with Gasteiger partial charge in [0.25, 0.3) is 0 Å². The topological polar surface area (TPSA) is 51.6 Å². The largest absolute Gasteiger partial charge is 0.353 e. The van der Waals surface area contributed by atoms with Gasteiger partial charge in [-0.05, 0) is 25.5 Å². The standard InChI is InChI=1S/C9H11N3/c10-6-9-7(3-5-12-9)8-2-1-4-11-8/h3,5,8,11-12H,1-2,4H2/t8-/m1/s1. The minimum Gasteiger partial charge on any atom is -0.353 e. The minimum atomic E-state index is 0.394. The summed E-state index contributed by atoms with van der Waals surface area (Å²) in [5.74, 6) is 0. The summed E-state index contributed by atoms with van der Waals surface area (Å²) in [7, 11) is 0. The Morgan fingerprint density at radius 1 is 1.58 bits per heavy atom. The molecule has 0 saturated carbocycles. The number of rotatable bonds is 1. The van der Waals surface area contributed by atoms with E-state index >= 15 is 0 Å². The zero-order valence-electron chi connectivity index (χ0n) is 6.80. The lowest BCUT2D eigenvalue weighted by Gasteiger charge is -2.07. The van der Waals surface area contributed by atoms with E-state index in [9.17, 15) is 0 Å². The van der Waals surface area contributed by atoms with Crippen LogP contribution in [0.2, 0.25) is 0 Å². The van der Waals surface area contributed by atoms with Gasteiger partial charge in [0.2, 0.25) is 0 Å². The highest BCUT2D eigenvalue weighted by Crippen LogP contribution is 2.24. The van der Waals surface area contributed by atoms with Crippen LogP contribution in [0.1, 0.15) is 30.1 Å². The highest BCUT2D eigenvalue weighted by Gasteiger charge is 2.19. The molecule has 2 N–H and O–H groups in total.